The number of carbonyl (C=O) groups is 2. The van der Waals surface area contributed by atoms with Crippen LogP contribution in [0.25, 0.3) is 11.3 Å². The summed E-state index contributed by atoms with van der Waals surface area (Å²) in [6.45, 7) is 11.3. The van der Waals surface area contributed by atoms with Gasteiger partial charge in [-0.3, -0.25) is 4.79 Å². The van der Waals surface area contributed by atoms with Crippen LogP contribution in [0.2, 0.25) is 0 Å². The molecule has 0 fully saturated rings. The quantitative estimate of drug-likeness (QED) is 0.246. The Morgan fingerprint density at radius 3 is 2.55 bits per heavy atom. The second kappa shape index (κ2) is 12.5. The maximum atomic E-state index is 14.9. The molecule has 0 saturated heterocycles. The minimum Gasteiger partial charge on any atom is -0.389 e. The first-order valence-electron chi connectivity index (χ1n) is 13.2. The Morgan fingerprint density at radius 1 is 1.10 bits per heavy atom. The number of nitrogens with one attached hydrogen (secondary N) is 4. The maximum absolute atomic E-state index is 14.9. The number of benzene rings is 2. The number of halogens is 2. The number of para-hydroxylation sites is 1. The molecule has 40 heavy (non-hydrogen) atoms. The van der Waals surface area contributed by atoms with Crippen molar-refractivity contribution in [1.82, 2.24) is 25.9 Å². The first-order valence-corrected chi connectivity index (χ1v) is 13.2. The van der Waals surface area contributed by atoms with Gasteiger partial charge in [0.25, 0.3) is 5.91 Å². The average molecular weight is 550 g/mol. The van der Waals surface area contributed by atoms with Crippen LogP contribution in [0, 0.1) is 18.6 Å². The van der Waals surface area contributed by atoms with E-state index in [1.165, 1.54) is 6.07 Å². The summed E-state index contributed by atoms with van der Waals surface area (Å²) in [4.78, 5) is 36.0. The third-order valence-corrected chi connectivity index (χ3v) is 6.33. The number of carbonyl (C=O) groups excluding carboxylic acids is 2. The highest BCUT2D eigenvalue weighted by molar-refractivity contribution is 6.02. The zero-order chi connectivity index (χ0) is 28.8. The number of aryl methyl sites for hydroxylation is 1. The second-order valence-corrected chi connectivity index (χ2v) is 9.54. The van der Waals surface area contributed by atoms with Crippen molar-refractivity contribution in [1.29, 1.82) is 0 Å². The number of nitrogens with zero attached hydrogens (tertiary/aromatic N) is 3. The van der Waals surface area contributed by atoms with Gasteiger partial charge in [0, 0.05) is 42.0 Å². The van der Waals surface area contributed by atoms with E-state index >= 15 is 0 Å². The highest BCUT2D eigenvalue weighted by Crippen LogP contribution is 2.39. The van der Waals surface area contributed by atoms with Gasteiger partial charge < -0.3 is 21.3 Å². The van der Waals surface area contributed by atoms with Crippen LogP contribution >= 0.6 is 0 Å². The van der Waals surface area contributed by atoms with E-state index < -0.39 is 23.4 Å². The van der Waals surface area contributed by atoms with E-state index in [-0.39, 0.29) is 24.2 Å². The monoisotopic (exact) mass is 549 g/mol. The van der Waals surface area contributed by atoms with Crippen molar-refractivity contribution < 1.29 is 18.4 Å². The summed E-state index contributed by atoms with van der Waals surface area (Å²) >= 11 is 0. The normalized spacial score (nSPS) is 12.4. The molecule has 210 valence electrons. The van der Waals surface area contributed by atoms with Gasteiger partial charge in [0.1, 0.15) is 17.3 Å². The summed E-state index contributed by atoms with van der Waals surface area (Å²) in [7, 11) is 0. The summed E-state index contributed by atoms with van der Waals surface area (Å²) in [5.74, 6) is -1.80. The molecule has 9 nitrogen and oxygen atoms in total. The minimum atomic E-state index is -0.908. The molecule has 0 unspecified atom stereocenters. The Morgan fingerprint density at radius 2 is 1.85 bits per heavy atom. The zero-order valence-corrected chi connectivity index (χ0v) is 22.8. The number of hydrogen-bond donors (Lipinski definition) is 4. The van der Waals surface area contributed by atoms with Crippen molar-refractivity contribution in [3.8, 4) is 11.3 Å². The summed E-state index contributed by atoms with van der Waals surface area (Å²) in [5, 5.41) is 11.9. The Hall–Kier alpha value is -4.54. The number of aromatic nitrogens is 2. The van der Waals surface area contributed by atoms with Gasteiger partial charge in [0.05, 0.1) is 12.2 Å². The summed E-state index contributed by atoms with van der Waals surface area (Å²) < 4.78 is 29.8. The molecule has 4 rings (SSSR count). The van der Waals surface area contributed by atoms with Crippen molar-refractivity contribution in [2.45, 2.75) is 40.2 Å². The highest BCUT2D eigenvalue weighted by atomic mass is 19.1. The lowest BCUT2D eigenvalue weighted by atomic mass is 9.97. The van der Waals surface area contributed by atoms with Crippen LogP contribution in [0.15, 0.2) is 48.7 Å². The molecule has 3 aromatic rings. The number of anilines is 3. The molecular weight excluding hydrogens is 516 g/mol. The van der Waals surface area contributed by atoms with Crippen LogP contribution in [0.1, 0.15) is 48.2 Å². The average Bonchev–Trinajstić information content (AvgIpc) is 2.92. The van der Waals surface area contributed by atoms with E-state index in [2.05, 4.69) is 32.8 Å². The first-order chi connectivity index (χ1) is 19.2. The summed E-state index contributed by atoms with van der Waals surface area (Å²) in [6, 6.07) is 7.95. The minimum absolute atomic E-state index is 0.0323. The Balaban J connectivity index is 1.84. The van der Waals surface area contributed by atoms with Crippen LogP contribution in [0.3, 0.4) is 0 Å². The predicted octanol–water partition coefficient (Wildman–Crippen LogP) is 5.16. The lowest BCUT2D eigenvalue weighted by molar-refractivity contribution is 0.0953. The molecule has 2 heterocycles. The fourth-order valence-electron chi connectivity index (χ4n) is 4.32. The maximum Gasteiger partial charge on any atom is 0.328 e. The van der Waals surface area contributed by atoms with E-state index in [0.717, 1.165) is 34.7 Å². The van der Waals surface area contributed by atoms with Crippen molar-refractivity contribution in [2.24, 2.45) is 0 Å². The van der Waals surface area contributed by atoms with Crippen molar-refractivity contribution in [3.05, 3.63) is 77.0 Å². The van der Waals surface area contributed by atoms with Crippen LogP contribution in [-0.2, 0) is 6.54 Å². The van der Waals surface area contributed by atoms with Crippen LogP contribution in [0.4, 0.5) is 31.0 Å². The lowest BCUT2D eigenvalue weighted by Crippen LogP contribution is -2.43. The molecule has 0 spiro atoms. The molecule has 0 radical (unpaired) electrons. The first kappa shape index (κ1) is 28.5. The summed E-state index contributed by atoms with van der Waals surface area (Å²) in [6.07, 6.45) is 1.50. The molecule has 0 bridgehead atoms. The van der Waals surface area contributed by atoms with E-state index in [1.54, 1.807) is 12.1 Å². The SMILES string of the molecule is C=C(C)NCCCNc1nc(-c2cc(C(=O)NCCC)ccc2C)c2c(n1)N(c1c(F)cccc1F)C(=O)NC2. The van der Waals surface area contributed by atoms with E-state index in [4.69, 9.17) is 4.98 Å². The fourth-order valence-corrected chi connectivity index (χ4v) is 4.32. The molecule has 0 atom stereocenters. The number of allylic oxidation sites excluding steroid dienone is 1. The highest BCUT2D eigenvalue weighted by Gasteiger charge is 2.34. The Bertz CT molecular complexity index is 1420. The van der Waals surface area contributed by atoms with Gasteiger partial charge in [-0.25, -0.2) is 23.5 Å². The zero-order valence-electron chi connectivity index (χ0n) is 22.8. The van der Waals surface area contributed by atoms with Gasteiger partial charge in [-0.1, -0.05) is 25.6 Å². The van der Waals surface area contributed by atoms with Gasteiger partial charge >= 0.3 is 6.03 Å². The third kappa shape index (κ3) is 6.19. The molecule has 4 N–H and O–H groups in total. The second-order valence-electron chi connectivity index (χ2n) is 9.54. The molecule has 2 aromatic carbocycles. The topological polar surface area (TPSA) is 111 Å². The largest absolute Gasteiger partial charge is 0.389 e. The molecule has 0 aliphatic carbocycles. The van der Waals surface area contributed by atoms with Gasteiger partial charge in [-0.2, -0.15) is 4.98 Å². The van der Waals surface area contributed by atoms with Crippen LogP contribution in [0.5, 0.6) is 0 Å². The van der Waals surface area contributed by atoms with E-state index in [0.29, 0.717) is 48.4 Å². The standard InChI is InChI=1S/C29H33F2N7O2/c1-5-12-33-27(39)19-11-10-18(4)20(15-19)24-21-16-35-29(40)38(25-22(30)8-6-9-23(25)31)26(21)37-28(36-24)34-14-7-13-32-17(2)3/h6,8-11,15,32H,2,5,7,12-14,16H2,1,3-4H3,(H,33,39)(H,35,40)(H,34,36,37). The van der Waals surface area contributed by atoms with Gasteiger partial charge in [0.15, 0.2) is 5.82 Å². The predicted molar refractivity (Wildman–Crippen MR) is 151 cm³/mol. The van der Waals surface area contributed by atoms with E-state index in [1.807, 2.05) is 26.8 Å². The van der Waals surface area contributed by atoms with Crippen molar-refractivity contribution in [3.63, 3.8) is 0 Å². The number of urea groups is 1. The molecule has 1 aliphatic heterocycles. The molecule has 1 aromatic heterocycles. The third-order valence-electron chi connectivity index (χ3n) is 6.33. The van der Waals surface area contributed by atoms with Crippen LogP contribution < -0.4 is 26.2 Å². The number of amides is 3. The number of hydrogen-bond acceptors (Lipinski definition) is 6. The molecule has 0 saturated carbocycles. The Labute approximate surface area is 232 Å². The molecule has 1 aliphatic rings. The number of rotatable bonds is 11. The fraction of sp³-hybridized carbons (Fsp3) is 0.310. The van der Waals surface area contributed by atoms with Crippen molar-refractivity contribution >= 4 is 29.4 Å². The molecule has 11 heteroatoms. The van der Waals surface area contributed by atoms with Gasteiger partial charge in [0.2, 0.25) is 5.95 Å². The van der Waals surface area contributed by atoms with E-state index in [9.17, 15) is 18.4 Å². The van der Waals surface area contributed by atoms with Crippen LogP contribution in [-0.4, -0.2) is 41.5 Å². The molecular formula is C29H33F2N7O2. The smallest absolute Gasteiger partial charge is 0.328 e. The van der Waals surface area contributed by atoms with Gasteiger partial charge in [-0.15, -0.1) is 0 Å². The Kier molecular flexibility index (Phi) is 8.93. The summed E-state index contributed by atoms with van der Waals surface area (Å²) in [5.41, 5.74) is 3.12. The van der Waals surface area contributed by atoms with Crippen molar-refractivity contribution in [2.75, 3.05) is 29.9 Å². The molecule has 3 amide bonds. The number of fused-ring (bicyclic) bond motifs is 1. The van der Waals surface area contributed by atoms with Gasteiger partial charge in [-0.05, 0) is 56.5 Å². The lowest BCUT2D eigenvalue weighted by Gasteiger charge is -2.31.